The summed E-state index contributed by atoms with van der Waals surface area (Å²) in [6.07, 6.45) is 3.71. The molecule has 3 heterocycles. The summed E-state index contributed by atoms with van der Waals surface area (Å²) in [7, 11) is 0. The third-order valence-corrected chi connectivity index (χ3v) is 5.72. The Morgan fingerprint density at radius 1 is 1.10 bits per heavy atom. The van der Waals surface area contributed by atoms with Gasteiger partial charge < -0.3 is 10.3 Å². The molecule has 0 spiro atoms. The van der Waals surface area contributed by atoms with Gasteiger partial charge in [0.05, 0.1) is 6.67 Å². The number of nitrogens with zero attached hydrogens (tertiary/aromatic N) is 3. The van der Waals surface area contributed by atoms with Gasteiger partial charge in [0.1, 0.15) is 5.69 Å². The van der Waals surface area contributed by atoms with Crippen LogP contribution in [0.5, 0.6) is 0 Å². The summed E-state index contributed by atoms with van der Waals surface area (Å²) >= 11 is 0. The van der Waals surface area contributed by atoms with Gasteiger partial charge in [-0.05, 0) is 29.7 Å². The van der Waals surface area contributed by atoms with Crippen molar-refractivity contribution in [3.05, 3.63) is 89.4 Å². The van der Waals surface area contributed by atoms with Gasteiger partial charge in [-0.15, -0.1) is 0 Å². The molecule has 0 unspecified atom stereocenters. The summed E-state index contributed by atoms with van der Waals surface area (Å²) in [6, 6.07) is 20.6. The number of aromatic amines is 1. The van der Waals surface area contributed by atoms with Gasteiger partial charge in [0.2, 0.25) is 0 Å². The molecule has 152 valence electrons. The van der Waals surface area contributed by atoms with Crippen molar-refractivity contribution in [2.75, 3.05) is 13.1 Å². The predicted octanol–water partition coefficient (Wildman–Crippen LogP) is 3.35. The van der Waals surface area contributed by atoms with E-state index in [1.54, 1.807) is 0 Å². The largest absolute Gasteiger partial charge is 0.361 e. The van der Waals surface area contributed by atoms with Gasteiger partial charge in [0, 0.05) is 48.8 Å². The number of amides is 1. The molecule has 0 atom stereocenters. The number of fused-ring (bicyclic) bond motifs is 2. The van der Waals surface area contributed by atoms with E-state index in [1.807, 2.05) is 35.1 Å². The number of benzene rings is 2. The molecule has 0 radical (unpaired) electrons. The lowest BCUT2D eigenvalue weighted by atomic mass is 10.1. The molecule has 1 aliphatic heterocycles. The van der Waals surface area contributed by atoms with Crippen molar-refractivity contribution in [1.29, 1.82) is 0 Å². The lowest BCUT2D eigenvalue weighted by molar-refractivity contribution is 0.0946. The topological polar surface area (TPSA) is 66.0 Å². The summed E-state index contributed by atoms with van der Waals surface area (Å²) in [5.41, 5.74) is 5.27. The van der Waals surface area contributed by atoms with E-state index in [1.165, 1.54) is 16.5 Å². The molecule has 0 saturated heterocycles. The predicted molar refractivity (Wildman–Crippen MR) is 117 cm³/mol. The number of para-hydroxylation sites is 1. The van der Waals surface area contributed by atoms with Crippen LogP contribution in [0.4, 0.5) is 0 Å². The van der Waals surface area contributed by atoms with Crippen LogP contribution in [-0.4, -0.2) is 38.7 Å². The van der Waals surface area contributed by atoms with Gasteiger partial charge in [-0.1, -0.05) is 48.5 Å². The number of aromatic nitrogens is 3. The van der Waals surface area contributed by atoms with Crippen molar-refractivity contribution in [3.63, 3.8) is 0 Å². The summed E-state index contributed by atoms with van der Waals surface area (Å²) in [5.74, 6) is -0.105. The first-order valence-electron chi connectivity index (χ1n) is 10.4. The van der Waals surface area contributed by atoms with Gasteiger partial charge in [-0.3, -0.25) is 14.4 Å². The van der Waals surface area contributed by atoms with Crippen molar-refractivity contribution < 1.29 is 4.79 Å². The van der Waals surface area contributed by atoms with Gasteiger partial charge >= 0.3 is 0 Å². The molecule has 1 aliphatic rings. The van der Waals surface area contributed by atoms with Gasteiger partial charge in [-0.25, -0.2) is 0 Å². The van der Waals surface area contributed by atoms with E-state index in [4.69, 9.17) is 0 Å². The Kier molecular flexibility index (Phi) is 5.07. The Morgan fingerprint density at radius 3 is 2.83 bits per heavy atom. The number of hydrogen-bond acceptors (Lipinski definition) is 3. The zero-order chi connectivity index (χ0) is 20.3. The lowest BCUT2D eigenvalue weighted by Crippen LogP contribution is -2.34. The fourth-order valence-corrected chi connectivity index (χ4v) is 4.13. The maximum atomic E-state index is 12.6. The molecule has 0 aliphatic carbocycles. The van der Waals surface area contributed by atoms with E-state index in [9.17, 15) is 4.79 Å². The molecule has 2 aromatic heterocycles. The maximum Gasteiger partial charge on any atom is 0.271 e. The second-order valence-corrected chi connectivity index (χ2v) is 7.82. The van der Waals surface area contributed by atoms with E-state index in [-0.39, 0.29) is 5.91 Å². The quantitative estimate of drug-likeness (QED) is 0.523. The van der Waals surface area contributed by atoms with Crippen molar-refractivity contribution >= 4 is 16.8 Å². The van der Waals surface area contributed by atoms with Crippen molar-refractivity contribution in [2.24, 2.45) is 0 Å². The number of carbonyl (C=O) groups is 1. The lowest BCUT2D eigenvalue weighted by Gasteiger charge is -2.27. The van der Waals surface area contributed by atoms with Crippen LogP contribution in [0, 0.1) is 0 Å². The molecule has 2 N–H and O–H groups in total. The molecule has 0 fully saturated rings. The van der Waals surface area contributed by atoms with Crippen LogP contribution >= 0.6 is 0 Å². The Hall–Kier alpha value is -3.38. The van der Waals surface area contributed by atoms with Crippen LogP contribution < -0.4 is 5.32 Å². The van der Waals surface area contributed by atoms with E-state index >= 15 is 0 Å². The Morgan fingerprint density at radius 2 is 1.93 bits per heavy atom. The standard InChI is InChI=1S/C24H25N5O/c30-24(25-12-10-19-15-26-22-9-5-4-8-21(19)22)23-14-20-11-13-28(17-29(20)27-23)16-18-6-2-1-3-7-18/h1-9,14-15,26H,10-13,16-17H2,(H,25,30). The summed E-state index contributed by atoms with van der Waals surface area (Å²) < 4.78 is 1.96. The SMILES string of the molecule is O=C(NCCc1c[nH]c2ccccc12)c1cc2n(n1)CN(Cc1ccccc1)CC2. The zero-order valence-electron chi connectivity index (χ0n) is 16.8. The average molecular weight is 399 g/mol. The number of carbonyl (C=O) groups excluding carboxylic acids is 1. The minimum Gasteiger partial charge on any atom is -0.361 e. The average Bonchev–Trinajstić information content (AvgIpc) is 3.38. The number of H-pyrrole nitrogens is 1. The summed E-state index contributed by atoms with van der Waals surface area (Å²) in [4.78, 5) is 18.3. The molecule has 0 saturated carbocycles. The first-order valence-corrected chi connectivity index (χ1v) is 10.4. The highest BCUT2D eigenvalue weighted by Gasteiger charge is 2.20. The van der Waals surface area contributed by atoms with Crippen LogP contribution in [0.15, 0.2) is 66.9 Å². The highest BCUT2D eigenvalue weighted by atomic mass is 16.1. The summed E-state index contributed by atoms with van der Waals surface area (Å²) in [5, 5.41) is 8.80. The molecule has 2 aromatic carbocycles. The van der Waals surface area contributed by atoms with E-state index in [0.717, 1.165) is 37.1 Å². The van der Waals surface area contributed by atoms with Crippen molar-refractivity contribution in [2.45, 2.75) is 26.1 Å². The van der Waals surface area contributed by atoms with E-state index < -0.39 is 0 Å². The Balaban J connectivity index is 1.18. The molecule has 4 aromatic rings. The molecular formula is C24H25N5O. The van der Waals surface area contributed by atoms with Crippen molar-refractivity contribution in [1.82, 2.24) is 25.0 Å². The summed E-state index contributed by atoms with van der Waals surface area (Å²) in [6.45, 7) is 3.17. The highest BCUT2D eigenvalue weighted by molar-refractivity contribution is 5.92. The molecule has 5 rings (SSSR count). The third kappa shape index (κ3) is 3.86. The monoisotopic (exact) mass is 399 g/mol. The normalized spacial score (nSPS) is 14.0. The molecule has 1 amide bonds. The van der Waals surface area contributed by atoms with E-state index in [2.05, 4.69) is 56.7 Å². The van der Waals surface area contributed by atoms with Crippen LogP contribution in [0.2, 0.25) is 0 Å². The van der Waals surface area contributed by atoms with Crippen LogP contribution in [0.3, 0.4) is 0 Å². The first kappa shape index (κ1) is 18.6. The fourth-order valence-electron chi connectivity index (χ4n) is 4.13. The smallest absolute Gasteiger partial charge is 0.271 e. The van der Waals surface area contributed by atoms with Crippen molar-refractivity contribution in [3.8, 4) is 0 Å². The third-order valence-electron chi connectivity index (χ3n) is 5.72. The van der Waals surface area contributed by atoms with E-state index in [0.29, 0.717) is 18.9 Å². The maximum absolute atomic E-state index is 12.6. The van der Waals surface area contributed by atoms with Crippen LogP contribution in [0.1, 0.15) is 27.3 Å². The minimum atomic E-state index is -0.105. The van der Waals surface area contributed by atoms with Gasteiger partial charge in [0.15, 0.2) is 0 Å². The first-order chi connectivity index (χ1) is 14.8. The highest BCUT2D eigenvalue weighted by Crippen LogP contribution is 2.18. The Bertz CT molecular complexity index is 1160. The van der Waals surface area contributed by atoms with Crippen LogP contribution in [0.25, 0.3) is 10.9 Å². The second kappa shape index (κ2) is 8.16. The van der Waals surface area contributed by atoms with Gasteiger partial charge in [-0.2, -0.15) is 5.10 Å². The van der Waals surface area contributed by atoms with Crippen LogP contribution in [-0.2, 0) is 26.1 Å². The number of rotatable bonds is 6. The minimum absolute atomic E-state index is 0.105. The Labute approximate surface area is 175 Å². The molecular weight excluding hydrogens is 374 g/mol. The number of nitrogens with one attached hydrogen (secondary N) is 2. The molecule has 6 nitrogen and oxygen atoms in total. The number of hydrogen-bond donors (Lipinski definition) is 2. The zero-order valence-corrected chi connectivity index (χ0v) is 16.8. The second-order valence-electron chi connectivity index (χ2n) is 7.82. The molecule has 30 heavy (non-hydrogen) atoms. The molecule has 6 heteroatoms. The van der Waals surface area contributed by atoms with Gasteiger partial charge in [0.25, 0.3) is 5.91 Å². The fraction of sp³-hybridized carbons (Fsp3) is 0.250. The molecule has 0 bridgehead atoms.